The number of allylic oxidation sites excluding steroid dienone is 3. The molecule has 2 unspecified atom stereocenters. The molecule has 0 spiro atoms. The summed E-state index contributed by atoms with van der Waals surface area (Å²) in [7, 11) is 0. The summed E-state index contributed by atoms with van der Waals surface area (Å²) in [6.07, 6.45) is 8.92. The van der Waals surface area contributed by atoms with Crippen molar-refractivity contribution in [1.29, 1.82) is 0 Å². The average Bonchev–Trinajstić information content (AvgIpc) is 2.68. The molecule has 0 fully saturated rings. The Bertz CT molecular complexity index is 724. The van der Waals surface area contributed by atoms with E-state index in [4.69, 9.17) is 14.2 Å². The first kappa shape index (κ1) is 23.0. The average molecular weight is 403 g/mol. The van der Waals surface area contributed by atoms with Crippen LogP contribution in [0.1, 0.15) is 66.7 Å². The molecule has 1 aliphatic heterocycles. The second-order valence-corrected chi connectivity index (χ2v) is 8.27. The number of carbonyl (C=O) groups is 2. The fourth-order valence-corrected chi connectivity index (χ4v) is 4.07. The zero-order valence-corrected chi connectivity index (χ0v) is 18.3. The summed E-state index contributed by atoms with van der Waals surface area (Å²) in [5.41, 5.74) is 4.43. The Morgan fingerprint density at radius 2 is 1.97 bits per heavy atom. The first-order valence-corrected chi connectivity index (χ1v) is 10.4. The standard InChI is InChI=1S/C24H34O5/c1-15(2)10-13-22(28-18(5)25)21-14-27-24(29-19(6)26)23-17(4)9-7-8-16(3)11-12-20(21)23/h8,10,14,20,22-24H,4,7,9,11-13H2,1-3,5-6H3/b16-8-/t20-,22?,23+,24?/m1/s1. The van der Waals surface area contributed by atoms with Crippen LogP contribution >= 0.6 is 0 Å². The maximum atomic E-state index is 11.8. The minimum absolute atomic E-state index is 0.0250. The SMILES string of the molecule is C=C1CC/C=C(/C)CC[C@@H]2C(C(CC=C(C)C)OC(C)=O)=COC(OC(C)=O)[C@@H]12. The van der Waals surface area contributed by atoms with E-state index >= 15 is 0 Å². The van der Waals surface area contributed by atoms with Crippen LogP contribution in [0.15, 0.2) is 47.3 Å². The summed E-state index contributed by atoms with van der Waals surface area (Å²) < 4.78 is 17.1. The molecule has 0 aromatic rings. The Labute approximate surface area is 174 Å². The van der Waals surface area contributed by atoms with Crippen LogP contribution in [0.5, 0.6) is 0 Å². The molecule has 0 saturated carbocycles. The summed E-state index contributed by atoms with van der Waals surface area (Å²) in [5.74, 6) is -0.844. The van der Waals surface area contributed by atoms with Gasteiger partial charge in [0.15, 0.2) is 0 Å². The molecule has 29 heavy (non-hydrogen) atoms. The second kappa shape index (κ2) is 10.5. The molecule has 1 heterocycles. The van der Waals surface area contributed by atoms with Gasteiger partial charge in [0.05, 0.1) is 12.2 Å². The predicted molar refractivity (Wildman–Crippen MR) is 113 cm³/mol. The van der Waals surface area contributed by atoms with Crippen LogP contribution in [0.25, 0.3) is 0 Å². The van der Waals surface area contributed by atoms with Gasteiger partial charge in [-0.15, -0.1) is 0 Å². The summed E-state index contributed by atoms with van der Waals surface area (Å²) in [6, 6.07) is 0. The number of ether oxygens (including phenoxy) is 3. The zero-order valence-electron chi connectivity index (χ0n) is 18.3. The number of carbonyl (C=O) groups excluding carboxylic acids is 2. The summed E-state index contributed by atoms with van der Waals surface area (Å²) in [4.78, 5) is 23.5. The molecular weight excluding hydrogens is 368 g/mol. The fourth-order valence-electron chi connectivity index (χ4n) is 4.07. The second-order valence-electron chi connectivity index (χ2n) is 8.27. The molecule has 2 aliphatic rings. The molecule has 0 aromatic carbocycles. The van der Waals surface area contributed by atoms with Crippen molar-refractivity contribution in [2.45, 2.75) is 79.1 Å². The van der Waals surface area contributed by atoms with Gasteiger partial charge in [0.1, 0.15) is 6.10 Å². The molecule has 0 saturated heterocycles. The Kier molecular flexibility index (Phi) is 8.30. The molecule has 1 aliphatic carbocycles. The summed E-state index contributed by atoms with van der Waals surface area (Å²) >= 11 is 0. The number of hydrogen-bond acceptors (Lipinski definition) is 5. The highest BCUT2D eigenvalue weighted by Crippen LogP contribution is 2.43. The Balaban J connectivity index is 2.45. The van der Waals surface area contributed by atoms with Crippen LogP contribution in [0.4, 0.5) is 0 Å². The minimum atomic E-state index is -0.700. The smallest absolute Gasteiger partial charge is 0.305 e. The van der Waals surface area contributed by atoms with Crippen molar-refractivity contribution in [3.8, 4) is 0 Å². The van der Waals surface area contributed by atoms with Gasteiger partial charge in [0, 0.05) is 31.8 Å². The molecule has 0 amide bonds. The van der Waals surface area contributed by atoms with Crippen LogP contribution < -0.4 is 0 Å². The maximum absolute atomic E-state index is 11.8. The number of hydrogen-bond donors (Lipinski definition) is 0. The van der Waals surface area contributed by atoms with E-state index in [2.05, 4.69) is 25.7 Å². The number of fused-ring (bicyclic) bond motifs is 1. The van der Waals surface area contributed by atoms with Crippen LogP contribution in [0.3, 0.4) is 0 Å². The highest BCUT2D eigenvalue weighted by atomic mass is 16.7. The van der Waals surface area contributed by atoms with E-state index < -0.39 is 12.4 Å². The predicted octanol–water partition coefficient (Wildman–Crippen LogP) is 5.39. The van der Waals surface area contributed by atoms with Gasteiger partial charge in [-0.2, -0.15) is 0 Å². The van der Waals surface area contributed by atoms with Crippen LogP contribution in [0, 0.1) is 11.8 Å². The van der Waals surface area contributed by atoms with Crippen molar-refractivity contribution in [1.82, 2.24) is 0 Å². The number of rotatable bonds is 5. The first-order chi connectivity index (χ1) is 13.7. The normalized spacial score (nSPS) is 27.3. The molecular formula is C24H34O5. The summed E-state index contributed by atoms with van der Waals surface area (Å²) in [5, 5.41) is 0. The van der Waals surface area contributed by atoms with E-state index in [0.29, 0.717) is 6.42 Å². The Morgan fingerprint density at radius 3 is 2.59 bits per heavy atom. The van der Waals surface area contributed by atoms with E-state index in [1.165, 1.54) is 19.4 Å². The third-order valence-electron chi connectivity index (χ3n) is 5.47. The van der Waals surface area contributed by atoms with Gasteiger partial charge >= 0.3 is 11.9 Å². The lowest BCUT2D eigenvalue weighted by atomic mass is 9.74. The summed E-state index contributed by atoms with van der Waals surface area (Å²) in [6.45, 7) is 13.3. The molecule has 0 N–H and O–H groups in total. The van der Waals surface area contributed by atoms with Crippen LogP contribution in [-0.2, 0) is 23.8 Å². The minimum Gasteiger partial charge on any atom is -0.462 e. The first-order valence-electron chi connectivity index (χ1n) is 10.4. The van der Waals surface area contributed by atoms with Crippen LogP contribution in [-0.4, -0.2) is 24.3 Å². The van der Waals surface area contributed by atoms with E-state index in [0.717, 1.165) is 42.4 Å². The van der Waals surface area contributed by atoms with Gasteiger partial charge < -0.3 is 14.2 Å². The third-order valence-corrected chi connectivity index (χ3v) is 5.47. The van der Waals surface area contributed by atoms with Crippen molar-refractivity contribution in [3.63, 3.8) is 0 Å². The van der Waals surface area contributed by atoms with Crippen LogP contribution in [0.2, 0.25) is 0 Å². The van der Waals surface area contributed by atoms with Gasteiger partial charge in [-0.3, -0.25) is 9.59 Å². The largest absolute Gasteiger partial charge is 0.462 e. The lowest BCUT2D eigenvalue weighted by Gasteiger charge is -2.40. The fraction of sp³-hybridized carbons (Fsp3) is 0.583. The molecule has 160 valence electrons. The quantitative estimate of drug-likeness (QED) is 0.456. The number of esters is 2. The highest BCUT2D eigenvalue weighted by molar-refractivity contribution is 5.67. The van der Waals surface area contributed by atoms with E-state index in [1.807, 2.05) is 13.8 Å². The lowest BCUT2D eigenvalue weighted by molar-refractivity contribution is -0.181. The van der Waals surface area contributed by atoms with Crippen molar-refractivity contribution in [3.05, 3.63) is 47.3 Å². The van der Waals surface area contributed by atoms with E-state index in [9.17, 15) is 9.59 Å². The third kappa shape index (κ3) is 6.62. The highest BCUT2D eigenvalue weighted by Gasteiger charge is 2.42. The Hall–Kier alpha value is -2.30. The molecule has 0 bridgehead atoms. The van der Waals surface area contributed by atoms with Gasteiger partial charge in [-0.25, -0.2) is 0 Å². The van der Waals surface area contributed by atoms with Gasteiger partial charge in [0.2, 0.25) is 6.29 Å². The van der Waals surface area contributed by atoms with Crippen molar-refractivity contribution < 1.29 is 23.8 Å². The van der Waals surface area contributed by atoms with Crippen molar-refractivity contribution in [2.24, 2.45) is 11.8 Å². The molecule has 4 atom stereocenters. The van der Waals surface area contributed by atoms with Crippen molar-refractivity contribution in [2.75, 3.05) is 0 Å². The maximum Gasteiger partial charge on any atom is 0.305 e. The topological polar surface area (TPSA) is 61.8 Å². The van der Waals surface area contributed by atoms with Crippen molar-refractivity contribution >= 4 is 11.9 Å². The van der Waals surface area contributed by atoms with E-state index in [-0.39, 0.29) is 23.8 Å². The van der Waals surface area contributed by atoms with Gasteiger partial charge in [0.25, 0.3) is 0 Å². The monoisotopic (exact) mass is 402 g/mol. The molecule has 5 heteroatoms. The molecule has 0 aromatic heterocycles. The van der Waals surface area contributed by atoms with Gasteiger partial charge in [-0.05, 0) is 46.5 Å². The molecule has 2 rings (SSSR count). The molecule has 0 radical (unpaired) electrons. The lowest BCUT2D eigenvalue weighted by Crippen LogP contribution is -2.41. The zero-order chi connectivity index (χ0) is 21.6. The van der Waals surface area contributed by atoms with E-state index in [1.54, 1.807) is 6.26 Å². The van der Waals surface area contributed by atoms with Gasteiger partial charge in [-0.1, -0.05) is 35.5 Å². The molecule has 5 nitrogen and oxygen atoms in total. The Morgan fingerprint density at radius 1 is 1.24 bits per heavy atom.